The monoisotopic (exact) mass is 229 g/mol. The number of rotatable bonds is 3. The van der Waals surface area contributed by atoms with Crippen molar-refractivity contribution in [3.63, 3.8) is 0 Å². The van der Waals surface area contributed by atoms with Crippen LogP contribution < -0.4 is 0 Å². The summed E-state index contributed by atoms with van der Waals surface area (Å²) in [5, 5.41) is 0. The molecule has 0 aromatic heterocycles. The molecule has 0 aliphatic heterocycles. The molecule has 2 nitrogen and oxygen atoms in total. The van der Waals surface area contributed by atoms with E-state index in [0.29, 0.717) is 12.1 Å². The predicted octanol–water partition coefficient (Wildman–Crippen LogP) is 3.71. The van der Waals surface area contributed by atoms with E-state index in [2.05, 4.69) is 4.67 Å². The van der Waals surface area contributed by atoms with Crippen LogP contribution in [-0.2, 0) is 4.57 Å². The van der Waals surface area contributed by atoms with Crippen LogP contribution >= 0.6 is 7.29 Å². The maximum absolute atomic E-state index is 12.4. The van der Waals surface area contributed by atoms with Gasteiger partial charge in [0, 0.05) is 25.4 Å². The Labute approximate surface area is 93.8 Å². The van der Waals surface area contributed by atoms with Crippen LogP contribution in [0.3, 0.4) is 0 Å². The molecule has 0 aromatic carbocycles. The third-order valence-electron chi connectivity index (χ3n) is 3.95. The van der Waals surface area contributed by atoms with E-state index in [1.54, 1.807) is 0 Å². The minimum Gasteiger partial charge on any atom is -0.307 e. The molecule has 0 radical (unpaired) electrons. The average molecular weight is 229 g/mol. The van der Waals surface area contributed by atoms with Crippen LogP contribution in [0.25, 0.3) is 0 Å². The van der Waals surface area contributed by atoms with Gasteiger partial charge >= 0.3 is 0 Å². The highest BCUT2D eigenvalue weighted by Gasteiger charge is 2.36. The summed E-state index contributed by atoms with van der Waals surface area (Å²) in [6.07, 6.45) is 10.5. The molecule has 2 rings (SSSR count). The average Bonchev–Trinajstić information content (AvgIpc) is 2.73. The van der Waals surface area contributed by atoms with E-state index >= 15 is 0 Å². The first kappa shape index (κ1) is 11.7. The summed E-state index contributed by atoms with van der Waals surface area (Å²) in [7, 11) is -2.04. The summed E-state index contributed by atoms with van der Waals surface area (Å²) in [4.78, 5) is 0. The van der Waals surface area contributed by atoms with Crippen LogP contribution in [0.2, 0.25) is 0 Å². The van der Waals surface area contributed by atoms with Crippen molar-refractivity contribution < 1.29 is 4.57 Å². The van der Waals surface area contributed by atoms with E-state index < -0.39 is 7.29 Å². The molecule has 0 unspecified atom stereocenters. The highest BCUT2D eigenvalue weighted by Crippen LogP contribution is 2.50. The molecule has 0 saturated heterocycles. The van der Waals surface area contributed by atoms with Gasteiger partial charge in [0.25, 0.3) is 0 Å². The lowest BCUT2D eigenvalue weighted by Crippen LogP contribution is -2.37. The normalized spacial score (nSPS) is 25.5. The van der Waals surface area contributed by atoms with Crippen LogP contribution in [0.5, 0.6) is 0 Å². The molecular weight excluding hydrogens is 205 g/mol. The second-order valence-corrected chi connectivity index (χ2v) is 8.60. The fourth-order valence-electron chi connectivity index (χ4n) is 3.42. The van der Waals surface area contributed by atoms with Gasteiger partial charge in [-0.3, -0.25) is 0 Å². The van der Waals surface area contributed by atoms with Gasteiger partial charge in [-0.05, 0) is 25.7 Å². The first-order valence-electron chi connectivity index (χ1n) is 6.43. The zero-order valence-electron chi connectivity index (χ0n) is 10.1. The maximum Gasteiger partial charge on any atom is 0.144 e. The molecule has 0 spiro atoms. The van der Waals surface area contributed by atoms with Crippen molar-refractivity contribution in [1.29, 1.82) is 0 Å². The van der Waals surface area contributed by atoms with Crippen LogP contribution in [0.1, 0.15) is 51.4 Å². The molecule has 3 heteroatoms. The van der Waals surface area contributed by atoms with E-state index in [1.165, 1.54) is 51.4 Å². The van der Waals surface area contributed by atoms with Crippen molar-refractivity contribution in [2.45, 2.75) is 63.5 Å². The molecule has 0 N–H and O–H groups in total. The van der Waals surface area contributed by atoms with Crippen molar-refractivity contribution in [2.24, 2.45) is 0 Å². The molecular formula is C12H24NOP. The molecule has 0 atom stereocenters. The maximum atomic E-state index is 12.4. The Morgan fingerprint density at radius 2 is 1.20 bits per heavy atom. The lowest BCUT2D eigenvalue weighted by Gasteiger charge is -2.37. The summed E-state index contributed by atoms with van der Waals surface area (Å²) in [6, 6.07) is 1.27. The second kappa shape index (κ2) is 4.59. The minimum atomic E-state index is -2.04. The lowest BCUT2D eigenvalue weighted by molar-refractivity contribution is 0.252. The summed E-state index contributed by atoms with van der Waals surface area (Å²) in [5.74, 6) is 0. The van der Waals surface area contributed by atoms with Crippen LogP contribution in [0.4, 0.5) is 0 Å². The van der Waals surface area contributed by atoms with Gasteiger partial charge in [-0.25, -0.2) is 4.67 Å². The van der Waals surface area contributed by atoms with Gasteiger partial charge in [0.05, 0.1) is 0 Å². The molecule has 0 heterocycles. The summed E-state index contributed by atoms with van der Waals surface area (Å²) in [6.45, 7) is 3.92. The van der Waals surface area contributed by atoms with Crippen molar-refractivity contribution >= 4 is 7.29 Å². The summed E-state index contributed by atoms with van der Waals surface area (Å²) < 4.78 is 14.8. The van der Waals surface area contributed by atoms with Gasteiger partial charge in [0.15, 0.2) is 0 Å². The van der Waals surface area contributed by atoms with Gasteiger partial charge in [-0.2, -0.15) is 0 Å². The van der Waals surface area contributed by atoms with Crippen LogP contribution in [-0.4, -0.2) is 30.1 Å². The minimum absolute atomic E-state index is 0.633. The quantitative estimate of drug-likeness (QED) is 0.687. The topological polar surface area (TPSA) is 20.3 Å². The van der Waals surface area contributed by atoms with Crippen LogP contribution in [0.15, 0.2) is 0 Å². The Morgan fingerprint density at radius 1 is 0.867 bits per heavy atom. The Hall–Kier alpha value is 0.190. The van der Waals surface area contributed by atoms with E-state index in [1.807, 2.05) is 13.3 Å². The molecule has 2 aliphatic rings. The molecule has 0 aromatic rings. The number of hydrogen-bond acceptors (Lipinski definition) is 1. The molecule has 2 saturated carbocycles. The van der Waals surface area contributed by atoms with Gasteiger partial charge in [-0.15, -0.1) is 0 Å². The fourth-order valence-corrected chi connectivity index (χ4v) is 5.46. The fraction of sp³-hybridized carbons (Fsp3) is 1.00. The largest absolute Gasteiger partial charge is 0.307 e. The summed E-state index contributed by atoms with van der Waals surface area (Å²) in [5.41, 5.74) is 0. The van der Waals surface area contributed by atoms with E-state index in [4.69, 9.17) is 0 Å². The Bertz CT molecular complexity index is 232. The van der Waals surface area contributed by atoms with Crippen molar-refractivity contribution in [2.75, 3.05) is 13.3 Å². The highest BCUT2D eigenvalue weighted by atomic mass is 31.2. The molecule has 88 valence electrons. The van der Waals surface area contributed by atoms with Crippen molar-refractivity contribution in [3.05, 3.63) is 0 Å². The Balaban J connectivity index is 2.11. The molecule has 0 amide bonds. The first-order chi connectivity index (χ1) is 7.09. The third kappa shape index (κ3) is 2.65. The lowest BCUT2D eigenvalue weighted by atomic mass is 10.2. The van der Waals surface area contributed by atoms with E-state index in [0.717, 1.165) is 0 Å². The van der Waals surface area contributed by atoms with Gasteiger partial charge in [0.2, 0.25) is 0 Å². The predicted molar refractivity (Wildman–Crippen MR) is 65.8 cm³/mol. The molecule has 2 aliphatic carbocycles. The zero-order valence-corrected chi connectivity index (χ0v) is 11.0. The third-order valence-corrected chi connectivity index (χ3v) is 5.72. The smallest absolute Gasteiger partial charge is 0.144 e. The molecule has 0 bridgehead atoms. The summed E-state index contributed by atoms with van der Waals surface area (Å²) >= 11 is 0. The Kier molecular flexibility index (Phi) is 3.57. The van der Waals surface area contributed by atoms with Gasteiger partial charge in [-0.1, -0.05) is 25.7 Å². The zero-order chi connectivity index (χ0) is 10.9. The van der Waals surface area contributed by atoms with Crippen molar-refractivity contribution in [1.82, 2.24) is 4.67 Å². The van der Waals surface area contributed by atoms with Gasteiger partial charge < -0.3 is 4.57 Å². The van der Waals surface area contributed by atoms with Crippen LogP contribution in [0, 0.1) is 0 Å². The van der Waals surface area contributed by atoms with E-state index in [-0.39, 0.29) is 0 Å². The number of nitrogens with zero attached hydrogens (tertiary/aromatic N) is 1. The van der Waals surface area contributed by atoms with E-state index in [9.17, 15) is 4.57 Å². The van der Waals surface area contributed by atoms with Gasteiger partial charge in [0.1, 0.15) is 7.29 Å². The Morgan fingerprint density at radius 3 is 1.47 bits per heavy atom. The number of hydrogen-bond donors (Lipinski definition) is 0. The molecule has 15 heavy (non-hydrogen) atoms. The first-order valence-corrected chi connectivity index (χ1v) is 8.98. The standard InChI is InChI=1S/C12H24NOP/c1-15(2,14)13(11-7-3-4-8-11)12-9-5-6-10-12/h11-12H,3-10H2,1-2H3. The van der Waals surface area contributed by atoms with Crippen molar-refractivity contribution in [3.8, 4) is 0 Å². The second-order valence-electron chi connectivity index (χ2n) is 5.55. The highest BCUT2D eigenvalue weighted by molar-refractivity contribution is 7.59. The molecule has 2 fully saturated rings. The SMILES string of the molecule is CP(C)(=O)N(C1CCCC1)C1CCCC1.